The number of carbonyl (C=O) groups excluding carboxylic acids is 2. The molecule has 0 bridgehead atoms. The number of carbonyl (C=O) groups is 3. The summed E-state index contributed by atoms with van der Waals surface area (Å²) in [7, 11) is -4.97. The number of aliphatic imine (C=N–C) groups is 1. The van der Waals surface area contributed by atoms with E-state index >= 15 is 0 Å². The molecule has 3 rings (SSSR count). The van der Waals surface area contributed by atoms with Crippen LogP contribution in [-0.4, -0.2) is 83.3 Å². The van der Waals surface area contributed by atoms with Crippen molar-refractivity contribution in [2.45, 2.75) is 45.0 Å². The average Bonchev–Trinajstić information content (AvgIpc) is 3.43. The zero-order valence-corrected chi connectivity index (χ0v) is 21.6. The van der Waals surface area contributed by atoms with Crippen LogP contribution in [0.4, 0.5) is 5.13 Å². The number of nitrogens with zero attached hydrogens (tertiary/aromatic N) is 7. The lowest BCUT2D eigenvalue weighted by Gasteiger charge is -2.43. The van der Waals surface area contributed by atoms with Crippen LogP contribution >= 0.6 is 11.3 Å². The predicted octanol–water partition coefficient (Wildman–Crippen LogP) is -2.04. The number of nitrogens with two attached hydrogens (primary N) is 3. The molecule has 1 amide bonds. The number of hydrogen-bond donors (Lipinski definition) is 5. The van der Waals surface area contributed by atoms with Crippen molar-refractivity contribution >= 4 is 56.1 Å². The van der Waals surface area contributed by atoms with E-state index in [0.29, 0.717) is 5.69 Å². The SMILES string of the molecule is CC(C)(O/N=C(\C(=O)C[C@@H]1C(=O)N(S(=O)(=O)O)[C@@H]1Cn1cc(CN=C(N)N)nn1)c1csc(N)n1)C(=O)O. The Morgan fingerprint density at radius 3 is 2.55 bits per heavy atom. The number of aliphatic carboxylic acids is 1. The molecular weight excluding hydrogens is 548 g/mol. The minimum Gasteiger partial charge on any atom is -0.478 e. The molecule has 0 radical (unpaired) electrons. The minimum absolute atomic E-state index is 0.0147. The first-order valence-corrected chi connectivity index (χ1v) is 12.9. The van der Waals surface area contributed by atoms with E-state index in [4.69, 9.17) is 22.0 Å². The number of amides is 1. The molecule has 2 aromatic heterocycles. The van der Waals surface area contributed by atoms with E-state index in [1.165, 1.54) is 30.1 Å². The number of anilines is 1. The largest absolute Gasteiger partial charge is 0.478 e. The lowest BCUT2D eigenvalue weighted by Crippen LogP contribution is -2.64. The smallest absolute Gasteiger partial charge is 0.362 e. The molecule has 18 nitrogen and oxygen atoms in total. The number of β-lactam (4-membered cyclic amide) rings is 1. The van der Waals surface area contributed by atoms with Gasteiger partial charge in [0.1, 0.15) is 11.4 Å². The van der Waals surface area contributed by atoms with Crippen molar-refractivity contribution < 1.29 is 37.3 Å². The summed E-state index contributed by atoms with van der Waals surface area (Å²) in [6.45, 7) is 2.12. The zero-order chi connectivity index (χ0) is 28.4. The van der Waals surface area contributed by atoms with Gasteiger partial charge in [0, 0.05) is 11.8 Å². The monoisotopic (exact) mass is 572 g/mol. The van der Waals surface area contributed by atoms with Crippen molar-refractivity contribution in [2.75, 3.05) is 5.73 Å². The summed E-state index contributed by atoms with van der Waals surface area (Å²) in [6, 6.07) is -1.22. The standard InChI is InChI=1S/C18H24N10O8S2/c1-18(2,15(31)32)36-25-13(10-7-37-17(21)23-10)12(29)3-9-11(28(14(9)30)38(33,34)35)6-27-5-8(24-26-27)4-22-16(19)20/h5,7,9,11H,3-4,6H2,1-2H3,(H2,21,23)(H,31,32)(H4,19,20,22)(H,33,34,35)/b25-13-/t9-,11+/m0/s1. The van der Waals surface area contributed by atoms with Crippen molar-refractivity contribution in [2.24, 2.45) is 27.5 Å². The highest BCUT2D eigenvalue weighted by atomic mass is 32.2. The van der Waals surface area contributed by atoms with Gasteiger partial charge in [-0.25, -0.2) is 19.1 Å². The number of guanidine groups is 1. The van der Waals surface area contributed by atoms with Crippen LogP contribution in [0.25, 0.3) is 0 Å². The Balaban J connectivity index is 1.87. The van der Waals surface area contributed by atoms with E-state index in [0.717, 1.165) is 11.3 Å². The molecule has 1 fully saturated rings. The summed E-state index contributed by atoms with van der Waals surface area (Å²) >= 11 is 0.974. The molecule has 20 heteroatoms. The van der Waals surface area contributed by atoms with Crippen molar-refractivity contribution in [1.82, 2.24) is 24.3 Å². The fourth-order valence-corrected chi connectivity index (χ4v) is 4.74. The molecule has 2 aromatic rings. The number of aromatic nitrogens is 4. The van der Waals surface area contributed by atoms with Gasteiger partial charge in [-0.05, 0) is 13.8 Å². The second-order valence-corrected chi connectivity index (χ2v) is 10.7. The van der Waals surface area contributed by atoms with Gasteiger partial charge in [-0.15, -0.1) is 16.4 Å². The first-order valence-electron chi connectivity index (χ1n) is 10.6. The van der Waals surface area contributed by atoms with Crippen LogP contribution in [0.1, 0.15) is 31.7 Å². The van der Waals surface area contributed by atoms with Gasteiger partial charge in [0.25, 0.3) is 0 Å². The molecule has 38 heavy (non-hydrogen) atoms. The third-order valence-electron chi connectivity index (χ3n) is 5.25. The summed E-state index contributed by atoms with van der Waals surface area (Å²) in [5.74, 6) is -4.65. The highest BCUT2D eigenvalue weighted by molar-refractivity contribution is 7.84. The number of nitrogen functional groups attached to an aromatic ring is 1. The summed E-state index contributed by atoms with van der Waals surface area (Å²) in [5, 5.41) is 22.0. The molecule has 0 aromatic carbocycles. The summed E-state index contributed by atoms with van der Waals surface area (Å²) < 4.78 is 34.6. The number of thiazole rings is 1. The summed E-state index contributed by atoms with van der Waals surface area (Å²) in [5.41, 5.74) is 14.2. The topological polar surface area (TPSA) is 285 Å². The number of rotatable bonds is 12. The normalized spacial score (nSPS) is 18.1. The minimum atomic E-state index is -4.97. The van der Waals surface area contributed by atoms with Gasteiger partial charge in [-0.1, -0.05) is 10.4 Å². The van der Waals surface area contributed by atoms with E-state index in [1.54, 1.807) is 0 Å². The van der Waals surface area contributed by atoms with Gasteiger partial charge in [0.05, 0.1) is 31.2 Å². The Labute approximate surface area is 219 Å². The van der Waals surface area contributed by atoms with Crippen molar-refractivity contribution in [3.8, 4) is 0 Å². The Hall–Kier alpha value is -4.17. The second kappa shape index (κ2) is 10.7. The maximum atomic E-state index is 13.2. The van der Waals surface area contributed by atoms with Crippen LogP contribution < -0.4 is 17.2 Å². The highest BCUT2D eigenvalue weighted by Gasteiger charge is 2.54. The maximum absolute atomic E-state index is 13.2. The molecule has 3 heterocycles. The van der Waals surface area contributed by atoms with E-state index in [-0.39, 0.29) is 34.2 Å². The van der Waals surface area contributed by atoms with Gasteiger partial charge < -0.3 is 27.1 Å². The summed E-state index contributed by atoms with van der Waals surface area (Å²) in [4.78, 5) is 50.0. The number of carboxylic acid groups (broad SMARTS) is 1. The third-order valence-corrected chi connectivity index (χ3v) is 6.87. The lowest BCUT2D eigenvalue weighted by atomic mass is 9.84. The molecule has 1 aliphatic heterocycles. The fraction of sp³-hybridized carbons (Fsp3) is 0.444. The van der Waals surface area contributed by atoms with Gasteiger partial charge in [0.2, 0.25) is 11.5 Å². The Bertz CT molecular complexity index is 1410. The first-order chi connectivity index (χ1) is 17.6. The first kappa shape index (κ1) is 28.4. The lowest BCUT2D eigenvalue weighted by molar-refractivity contribution is -0.161. The predicted molar refractivity (Wildman–Crippen MR) is 131 cm³/mol. The number of oxime groups is 1. The molecule has 206 valence electrons. The quantitative estimate of drug-likeness (QED) is 0.0602. The van der Waals surface area contributed by atoms with E-state index in [1.807, 2.05) is 0 Å². The van der Waals surface area contributed by atoms with E-state index in [2.05, 4.69) is 25.4 Å². The van der Waals surface area contributed by atoms with Crippen molar-refractivity contribution in [3.63, 3.8) is 0 Å². The zero-order valence-electron chi connectivity index (χ0n) is 20.0. The third kappa shape index (κ3) is 6.39. The van der Waals surface area contributed by atoms with Crippen LogP contribution in [0.5, 0.6) is 0 Å². The molecule has 8 N–H and O–H groups in total. The molecule has 0 aliphatic carbocycles. The second-order valence-electron chi connectivity index (χ2n) is 8.50. The highest BCUT2D eigenvalue weighted by Crippen LogP contribution is 2.34. The van der Waals surface area contributed by atoms with Crippen LogP contribution in [0, 0.1) is 5.92 Å². The Morgan fingerprint density at radius 1 is 1.32 bits per heavy atom. The average molecular weight is 573 g/mol. The van der Waals surface area contributed by atoms with Gasteiger partial charge in [-0.2, -0.15) is 8.42 Å². The van der Waals surface area contributed by atoms with Crippen molar-refractivity contribution in [1.29, 1.82) is 0 Å². The van der Waals surface area contributed by atoms with Crippen LogP contribution in [0.15, 0.2) is 21.7 Å². The van der Waals surface area contributed by atoms with Crippen LogP contribution in [-0.2, 0) is 42.6 Å². The number of Topliss-reactive ketones (excluding diaryl/α,β-unsaturated/α-hetero) is 1. The van der Waals surface area contributed by atoms with Crippen molar-refractivity contribution in [3.05, 3.63) is 23.0 Å². The summed E-state index contributed by atoms with van der Waals surface area (Å²) in [6.07, 6.45) is 0.807. The maximum Gasteiger partial charge on any atom is 0.362 e. The number of ketones is 1. The molecular formula is C18H24N10O8S2. The molecule has 0 spiro atoms. The fourth-order valence-electron chi connectivity index (χ4n) is 3.28. The number of hydrogen-bond acceptors (Lipinski definition) is 13. The van der Waals surface area contributed by atoms with E-state index < -0.39 is 57.7 Å². The van der Waals surface area contributed by atoms with E-state index in [9.17, 15) is 32.5 Å². The molecule has 2 atom stereocenters. The van der Waals surface area contributed by atoms with Crippen LogP contribution in [0.2, 0.25) is 0 Å². The number of carboxylic acids is 1. The van der Waals surface area contributed by atoms with Gasteiger partial charge in [-0.3, -0.25) is 18.8 Å². The van der Waals surface area contributed by atoms with Gasteiger partial charge >= 0.3 is 16.3 Å². The molecule has 1 saturated heterocycles. The Kier molecular flexibility index (Phi) is 7.98. The van der Waals surface area contributed by atoms with Gasteiger partial charge in [0.15, 0.2) is 22.6 Å². The Morgan fingerprint density at radius 2 is 2.00 bits per heavy atom. The molecule has 1 aliphatic rings. The molecule has 0 unspecified atom stereocenters. The molecule has 0 saturated carbocycles. The van der Waals surface area contributed by atoms with Crippen LogP contribution in [0.3, 0.4) is 0 Å².